The van der Waals surface area contributed by atoms with Gasteiger partial charge in [0.25, 0.3) is 0 Å². The van der Waals surface area contributed by atoms with E-state index >= 15 is 0 Å². The monoisotopic (exact) mass is 195 g/mol. The molecule has 1 aromatic heterocycles. The largest absolute Gasteiger partial charge is 0.492 e. The number of aromatic nitrogens is 1. The summed E-state index contributed by atoms with van der Waals surface area (Å²) in [6.45, 7) is 3.98. The minimum absolute atomic E-state index is 0.505. The fourth-order valence-electron chi connectivity index (χ4n) is 1.16. The van der Waals surface area contributed by atoms with E-state index in [4.69, 9.17) is 9.84 Å². The summed E-state index contributed by atoms with van der Waals surface area (Å²) in [6, 6.07) is 1.67. The van der Waals surface area contributed by atoms with Gasteiger partial charge in [-0.25, -0.2) is 0 Å². The molecule has 4 heteroatoms. The quantitative estimate of drug-likeness (QED) is 0.793. The Morgan fingerprint density at radius 2 is 2.43 bits per heavy atom. The van der Waals surface area contributed by atoms with E-state index in [1.807, 2.05) is 6.92 Å². The Balaban J connectivity index is 3.00. The SMILES string of the molecule is CCOc1cnccc1C(C)C(=O)O. The van der Waals surface area contributed by atoms with Crippen molar-refractivity contribution in [3.63, 3.8) is 0 Å². The first-order valence-electron chi connectivity index (χ1n) is 4.46. The van der Waals surface area contributed by atoms with E-state index < -0.39 is 11.9 Å². The standard InChI is InChI=1S/C10H13NO3/c1-3-14-9-6-11-5-4-8(9)7(2)10(12)13/h4-7H,3H2,1-2H3,(H,12,13). The van der Waals surface area contributed by atoms with E-state index in [1.54, 1.807) is 19.2 Å². The first kappa shape index (κ1) is 10.5. The van der Waals surface area contributed by atoms with E-state index in [9.17, 15) is 4.79 Å². The molecule has 0 aliphatic rings. The van der Waals surface area contributed by atoms with Crippen molar-refractivity contribution in [1.29, 1.82) is 0 Å². The van der Waals surface area contributed by atoms with E-state index in [1.165, 1.54) is 6.20 Å². The number of ether oxygens (including phenoxy) is 1. The fourth-order valence-corrected chi connectivity index (χ4v) is 1.16. The van der Waals surface area contributed by atoms with Crippen LogP contribution in [0.1, 0.15) is 25.3 Å². The minimum Gasteiger partial charge on any atom is -0.492 e. The van der Waals surface area contributed by atoms with E-state index in [0.29, 0.717) is 17.9 Å². The molecule has 0 saturated carbocycles. The van der Waals surface area contributed by atoms with Crippen molar-refractivity contribution >= 4 is 5.97 Å². The predicted octanol–water partition coefficient (Wildman–Crippen LogP) is 1.67. The maximum absolute atomic E-state index is 10.8. The van der Waals surface area contributed by atoms with Crippen molar-refractivity contribution in [1.82, 2.24) is 4.98 Å². The van der Waals surface area contributed by atoms with Crippen LogP contribution in [0, 0.1) is 0 Å². The van der Waals surface area contributed by atoms with Crippen LogP contribution in [-0.2, 0) is 4.79 Å². The van der Waals surface area contributed by atoms with Gasteiger partial charge in [-0.15, -0.1) is 0 Å². The zero-order valence-electron chi connectivity index (χ0n) is 8.23. The Labute approximate surface area is 82.5 Å². The summed E-state index contributed by atoms with van der Waals surface area (Å²) in [4.78, 5) is 14.7. The summed E-state index contributed by atoms with van der Waals surface area (Å²) in [7, 11) is 0. The molecule has 0 spiro atoms. The summed E-state index contributed by atoms with van der Waals surface area (Å²) in [6.07, 6.45) is 3.11. The molecule has 4 nitrogen and oxygen atoms in total. The Kier molecular flexibility index (Phi) is 3.45. The molecular formula is C10H13NO3. The molecular weight excluding hydrogens is 182 g/mol. The van der Waals surface area contributed by atoms with Crippen LogP contribution < -0.4 is 4.74 Å². The molecule has 1 rings (SSSR count). The third-order valence-electron chi connectivity index (χ3n) is 1.95. The molecule has 1 atom stereocenters. The molecule has 0 fully saturated rings. The molecule has 0 bridgehead atoms. The van der Waals surface area contributed by atoms with E-state index in [-0.39, 0.29) is 0 Å². The normalized spacial score (nSPS) is 12.1. The van der Waals surface area contributed by atoms with Gasteiger partial charge in [0.1, 0.15) is 5.75 Å². The number of carboxylic acid groups (broad SMARTS) is 1. The molecule has 0 amide bonds. The van der Waals surface area contributed by atoms with Gasteiger partial charge in [0.2, 0.25) is 0 Å². The summed E-state index contributed by atoms with van der Waals surface area (Å²) in [5.41, 5.74) is 0.661. The number of aliphatic carboxylic acids is 1. The summed E-state index contributed by atoms with van der Waals surface area (Å²) in [5, 5.41) is 8.85. The molecule has 1 aromatic rings. The Morgan fingerprint density at radius 1 is 1.71 bits per heavy atom. The second kappa shape index (κ2) is 4.60. The Morgan fingerprint density at radius 3 is 3.00 bits per heavy atom. The van der Waals surface area contributed by atoms with Gasteiger partial charge < -0.3 is 9.84 Å². The van der Waals surface area contributed by atoms with Crippen LogP contribution in [0.2, 0.25) is 0 Å². The molecule has 1 unspecified atom stereocenters. The lowest BCUT2D eigenvalue weighted by molar-refractivity contribution is -0.138. The zero-order valence-corrected chi connectivity index (χ0v) is 8.23. The van der Waals surface area contributed by atoms with Gasteiger partial charge in [-0.1, -0.05) is 0 Å². The fraction of sp³-hybridized carbons (Fsp3) is 0.400. The van der Waals surface area contributed by atoms with Crippen LogP contribution in [0.5, 0.6) is 5.75 Å². The third-order valence-corrected chi connectivity index (χ3v) is 1.95. The molecule has 1 heterocycles. The molecule has 0 aromatic carbocycles. The van der Waals surface area contributed by atoms with Gasteiger partial charge in [-0.2, -0.15) is 0 Å². The number of hydrogen-bond acceptors (Lipinski definition) is 3. The molecule has 1 N–H and O–H groups in total. The van der Waals surface area contributed by atoms with Gasteiger partial charge in [0, 0.05) is 11.8 Å². The highest BCUT2D eigenvalue weighted by Crippen LogP contribution is 2.25. The number of carboxylic acids is 1. The van der Waals surface area contributed by atoms with Crippen LogP contribution in [0.15, 0.2) is 18.5 Å². The average molecular weight is 195 g/mol. The highest BCUT2D eigenvalue weighted by Gasteiger charge is 2.17. The zero-order chi connectivity index (χ0) is 10.6. The number of carbonyl (C=O) groups is 1. The molecule has 14 heavy (non-hydrogen) atoms. The second-order valence-electron chi connectivity index (χ2n) is 2.91. The maximum Gasteiger partial charge on any atom is 0.310 e. The van der Waals surface area contributed by atoms with Gasteiger partial charge in [-0.3, -0.25) is 9.78 Å². The van der Waals surface area contributed by atoms with E-state index in [0.717, 1.165) is 0 Å². The van der Waals surface area contributed by atoms with Crippen molar-refractivity contribution in [2.75, 3.05) is 6.61 Å². The summed E-state index contributed by atoms with van der Waals surface area (Å²) < 4.78 is 5.28. The van der Waals surface area contributed by atoms with Gasteiger partial charge in [0.05, 0.1) is 18.7 Å². The van der Waals surface area contributed by atoms with Crippen LogP contribution in [0.4, 0.5) is 0 Å². The maximum atomic E-state index is 10.8. The van der Waals surface area contributed by atoms with E-state index in [2.05, 4.69) is 4.98 Å². The lowest BCUT2D eigenvalue weighted by Crippen LogP contribution is -2.09. The van der Waals surface area contributed by atoms with Crippen LogP contribution >= 0.6 is 0 Å². The molecule has 76 valence electrons. The first-order chi connectivity index (χ1) is 6.66. The number of rotatable bonds is 4. The number of nitrogens with zero attached hydrogens (tertiary/aromatic N) is 1. The Bertz CT molecular complexity index is 325. The number of hydrogen-bond donors (Lipinski definition) is 1. The first-order valence-corrected chi connectivity index (χ1v) is 4.46. The van der Waals surface area contributed by atoms with Crippen molar-refractivity contribution in [2.45, 2.75) is 19.8 Å². The third kappa shape index (κ3) is 2.22. The average Bonchev–Trinajstić information content (AvgIpc) is 2.18. The van der Waals surface area contributed by atoms with Crippen molar-refractivity contribution in [3.05, 3.63) is 24.0 Å². The lowest BCUT2D eigenvalue weighted by Gasteiger charge is -2.11. The Hall–Kier alpha value is -1.58. The molecule has 0 saturated heterocycles. The predicted molar refractivity (Wildman–Crippen MR) is 51.5 cm³/mol. The summed E-state index contributed by atoms with van der Waals surface area (Å²) in [5.74, 6) is -0.887. The minimum atomic E-state index is -0.864. The molecule has 0 aliphatic carbocycles. The van der Waals surface area contributed by atoms with Crippen molar-refractivity contribution in [3.8, 4) is 5.75 Å². The highest BCUT2D eigenvalue weighted by molar-refractivity contribution is 5.76. The smallest absolute Gasteiger partial charge is 0.310 e. The summed E-state index contributed by atoms with van der Waals surface area (Å²) >= 11 is 0. The lowest BCUT2D eigenvalue weighted by atomic mass is 10.0. The van der Waals surface area contributed by atoms with Crippen LogP contribution in [-0.4, -0.2) is 22.7 Å². The topological polar surface area (TPSA) is 59.4 Å². The van der Waals surface area contributed by atoms with Gasteiger partial charge >= 0.3 is 5.97 Å². The van der Waals surface area contributed by atoms with Crippen LogP contribution in [0.3, 0.4) is 0 Å². The highest BCUT2D eigenvalue weighted by atomic mass is 16.5. The number of pyridine rings is 1. The molecule has 0 radical (unpaired) electrons. The second-order valence-corrected chi connectivity index (χ2v) is 2.91. The van der Waals surface area contributed by atoms with Crippen molar-refractivity contribution in [2.24, 2.45) is 0 Å². The molecule has 0 aliphatic heterocycles. The van der Waals surface area contributed by atoms with Gasteiger partial charge in [0.15, 0.2) is 0 Å². The van der Waals surface area contributed by atoms with Crippen LogP contribution in [0.25, 0.3) is 0 Å². The van der Waals surface area contributed by atoms with Gasteiger partial charge in [-0.05, 0) is 19.9 Å². The van der Waals surface area contributed by atoms with Crippen molar-refractivity contribution < 1.29 is 14.6 Å².